The van der Waals surface area contributed by atoms with E-state index in [4.69, 9.17) is 0 Å². The number of amides is 1. The Balaban J connectivity index is 1.89. The molecule has 0 heterocycles. The second-order valence-corrected chi connectivity index (χ2v) is 8.43. The molecule has 4 rings (SSSR count). The highest BCUT2D eigenvalue weighted by molar-refractivity contribution is 7.90. The van der Waals surface area contributed by atoms with Crippen molar-refractivity contribution in [2.24, 2.45) is 23.2 Å². The van der Waals surface area contributed by atoms with Crippen LogP contribution in [0.15, 0.2) is 0 Å². The normalized spacial score (nSPS) is 38.6. The first-order valence-corrected chi connectivity index (χ1v) is 8.32. The molecule has 0 radical (unpaired) electrons. The summed E-state index contributed by atoms with van der Waals surface area (Å²) >= 11 is 0. The van der Waals surface area contributed by atoms with E-state index in [1.165, 1.54) is 0 Å². The summed E-state index contributed by atoms with van der Waals surface area (Å²) in [5, 5.41) is 11.6. The maximum Gasteiger partial charge on any atom is 0.515 e. The second-order valence-electron chi connectivity index (χ2n) is 6.68. The van der Waals surface area contributed by atoms with Crippen molar-refractivity contribution in [3.63, 3.8) is 0 Å². The Bertz CT molecular complexity index is 536. The van der Waals surface area contributed by atoms with E-state index in [1.54, 1.807) is 0 Å². The van der Waals surface area contributed by atoms with Gasteiger partial charge >= 0.3 is 15.5 Å². The molecule has 0 aromatic rings. The SMILES string of the molecule is O=C(N([O-])S(=O)(=O)C(F)(F)F)C12CC3CC(CC(C3)C1)C2. The summed E-state index contributed by atoms with van der Waals surface area (Å²) in [6, 6.07) is 0. The zero-order valence-electron chi connectivity index (χ0n) is 11.1. The fraction of sp³-hybridized carbons (Fsp3) is 0.917. The number of alkyl halides is 3. The average molecular weight is 326 g/mol. The van der Waals surface area contributed by atoms with E-state index in [0.717, 1.165) is 19.3 Å². The predicted octanol–water partition coefficient (Wildman–Crippen LogP) is 2.38. The van der Waals surface area contributed by atoms with E-state index >= 15 is 0 Å². The van der Waals surface area contributed by atoms with Gasteiger partial charge in [0, 0.05) is 0 Å². The van der Waals surface area contributed by atoms with E-state index in [2.05, 4.69) is 0 Å². The molecule has 1 amide bonds. The van der Waals surface area contributed by atoms with Gasteiger partial charge < -0.3 is 9.68 Å². The molecule has 0 aliphatic heterocycles. The van der Waals surface area contributed by atoms with Gasteiger partial charge in [0.2, 0.25) is 5.91 Å². The van der Waals surface area contributed by atoms with Crippen LogP contribution in [0, 0.1) is 28.4 Å². The molecule has 0 unspecified atom stereocenters. The third-order valence-electron chi connectivity index (χ3n) is 5.17. The number of carbonyl (C=O) groups is 1. The number of rotatable bonds is 2. The Morgan fingerprint density at radius 2 is 1.43 bits per heavy atom. The fourth-order valence-electron chi connectivity index (χ4n) is 4.77. The lowest BCUT2D eigenvalue weighted by Crippen LogP contribution is -2.55. The van der Waals surface area contributed by atoms with Gasteiger partial charge in [-0.1, -0.05) is 0 Å². The standard InChI is InChI=1S/C12H15F3NO4S/c13-12(14,15)21(19,20)16(18)10(17)11-4-7-1-8(5-11)3-9(2-7)6-11/h7-9H,1-6H2/q-1. The minimum atomic E-state index is -6.14. The van der Waals surface area contributed by atoms with E-state index in [1.807, 2.05) is 0 Å². The Morgan fingerprint density at radius 3 is 1.76 bits per heavy atom. The maximum absolute atomic E-state index is 12.4. The number of halogens is 3. The molecule has 4 saturated carbocycles. The number of nitrogens with zero attached hydrogens (tertiary/aromatic N) is 1. The Morgan fingerprint density at radius 1 is 1.05 bits per heavy atom. The van der Waals surface area contributed by atoms with Crippen LogP contribution < -0.4 is 0 Å². The van der Waals surface area contributed by atoms with E-state index in [-0.39, 0.29) is 17.8 Å². The van der Waals surface area contributed by atoms with Crippen molar-refractivity contribution in [2.75, 3.05) is 0 Å². The van der Waals surface area contributed by atoms with Crippen LogP contribution in [-0.4, -0.2) is 24.3 Å². The first kappa shape index (κ1) is 15.1. The van der Waals surface area contributed by atoms with Crippen molar-refractivity contribution < 1.29 is 26.4 Å². The van der Waals surface area contributed by atoms with Gasteiger partial charge in [-0.15, -0.1) is 0 Å². The number of hydrogen-bond donors (Lipinski definition) is 0. The summed E-state index contributed by atoms with van der Waals surface area (Å²) in [7, 11) is -6.14. The highest BCUT2D eigenvalue weighted by atomic mass is 32.2. The summed E-state index contributed by atoms with van der Waals surface area (Å²) in [6.45, 7) is 0. The molecule has 9 heteroatoms. The summed E-state index contributed by atoms with van der Waals surface area (Å²) in [5.41, 5.74) is -6.94. The maximum atomic E-state index is 12.4. The van der Waals surface area contributed by atoms with Crippen LogP contribution in [-0.2, 0) is 14.8 Å². The minimum absolute atomic E-state index is 0.224. The van der Waals surface area contributed by atoms with Crippen LogP contribution in [0.25, 0.3) is 0 Å². The van der Waals surface area contributed by atoms with Gasteiger partial charge in [-0.05, 0) is 56.3 Å². The average Bonchev–Trinajstić information content (AvgIpc) is 2.33. The highest BCUT2D eigenvalue weighted by Gasteiger charge is 2.58. The van der Waals surface area contributed by atoms with Gasteiger partial charge in [-0.3, -0.25) is 4.79 Å². The summed E-state index contributed by atoms with van der Waals surface area (Å²) in [5.74, 6) is -0.745. The molecule has 21 heavy (non-hydrogen) atoms. The second kappa shape index (κ2) is 4.34. The van der Waals surface area contributed by atoms with E-state index in [0.29, 0.717) is 19.3 Å². The van der Waals surface area contributed by atoms with Gasteiger partial charge in [0.05, 0.1) is 5.41 Å². The van der Waals surface area contributed by atoms with Gasteiger partial charge in [-0.2, -0.15) is 21.6 Å². The van der Waals surface area contributed by atoms with Gasteiger partial charge in [-0.25, -0.2) is 0 Å². The molecule has 0 saturated heterocycles. The largest absolute Gasteiger partial charge is 0.742 e. The topological polar surface area (TPSA) is 77.5 Å². The molecule has 120 valence electrons. The van der Waals surface area contributed by atoms with Crippen LogP contribution in [0.1, 0.15) is 38.5 Å². The lowest BCUT2D eigenvalue weighted by atomic mass is 9.49. The monoisotopic (exact) mass is 326 g/mol. The first-order chi connectivity index (χ1) is 9.55. The molecular formula is C12H15F3NO4S-. The summed E-state index contributed by atoms with van der Waals surface area (Å²) in [4.78, 5) is 12.2. The quantitative estimate of drug-likeness (QED) is 0.730. The van der Waals surface area contributed by atoms with Crippen molar-refractivity contribution in [1.82, 2.24) is 4.47 Å². The van der Waals surface area contributed by atoms with Crippen molar-refractivity contribution in [3.05, 3.63) is 5.21 Å². The Labute approximate surface area is 120 Å². The third kappa shape index (κ3) is 2.16. The predicted molar refractivity (Wildman–Crippen MR) is 65.8 cm³/mol. The highest BCUT2D eigenvalue weighted by Crippen LogP contribution is 2.60. The van der Waals surface area contributed by atoms with Gasteiger partial charge in [0.15, 0.2) is 0 Å². The Kier molecular flexibility index (Phi) is 3.12. The molecule has 0 aromatic heterocycles. The van der Waals surface area contributed by atoms with Gasteiger partial charge in [0.1, 0.15) is 0 Å². The molecule has 0 aromatic carbocycles. The van der Waals surface area contributed by atoms with Crippen molar-refractivity contribution >= 4 is 15.9 Å². The third-order valence-corrected chi connectivity index (χ3v) is 6.36. The van der Waals surface area contributed by atoms with Gasteiger partial charge in [0.25, 0.3) is 0 Å². The van der Waals surface area contributed by atoms with Crippen molar-refractivity contribution in [3.8, 4) is 0 Å². The summed E-state index contributed by atoms with van der Waals surface area (Å²) in [6.07, 6.45) is 3.80. The fourth-order valence-corrected chi connectivity index (χ4v) is 5.37. The molecule has 4 bridgehead atoms. The smallest absolute Gasteiger partial charge is 0.515 e. The van der Waals surface area contributed by atoms with Crippen LogP contribution in [0.2, 0.25) is 0 Å². The van der Waals surface area contributed by atoms with Crippen LogP contribution in [0.3, 0.4) is 0 Å². The van der Waals surface area contributed by atoms with E-state index < -0.39 is 31.3 Å². The van der Waals surface area contributed by atoms with Crippen LogP contribution in [0.5, 0.6) is 0 Å². The minimum Gasteiger partial charge on any atom is -0.742 e. The molecular weight excluding hydrogens is 311 g/mol. The molecule has 4 aliphatic rings. The van der Waals surface area contributed by atoms with Crippen molar-refractivity contribution in [1.29, 1.82) is 0 Å². The lowest BCUT2D eigenvalue weighted by Gasteiger charge is -2.57. The molecule has 4 fully saturated rings. The first-order valence-electron chi connectivity index (χ1n) is 6.88. The van der Waals surface area contributed by atoms with Crippen LogP contribution >= 0.6 is 0 Å². The number of sulfonamides is 1. The summed E-state index contributed by atoms with van der Waals surface area (Å²) < 4.78 is 58.3. The lowest BCUT2D eigenvalue weighted by molar-refractivity contribution is -0.151. The molecule has 0 N–H and O–H groups in total. The van der Waals surface area contributed by atoms with Crippen LogP contribution in [0.4, 0.5) is 13.2 Å². The molecule has 0 atom stereocenters. The van der Waals surface area contributed by atoms with E-state index in [9.17, 15) is 31.6 Å². The van der Waals surface area contributed by atoms with Crippen molar-refractivity contribution in [2.45, 2.75) is 44.0 Å². The zero-order valence-corrected chi connectivity index (χ0v) is 11.9. The number of carbonyl (C=O) groups excluding carboxylic acids is 1. The Hall–Kier alpha value is -0.830. The molecule has 0 spiro atoms. The molecule has 4 aliphatic carbocycles. The zero-order chi connectivity index (χ0) is 15.6. The molecule has 5 nitrogen and oxygen atoms in total. The number of hydrogen-bond acceptors (Lipinski definition) is 4. The number of hydroxylamine groups is 1.